The third-order valence-corrected chi connectivity index (χ3v) is 10.5. The fourth-order valence-corrected chi connectivity index (χ4v) is 7.35. The number of likely N-dealkylation sites (tertiary alicyclic amines) is 2. The van der Waals surface area contributed by atoms with Crippen LogP contribution in [0.3, 0.4) is 0 Å². The second-order valence-corrected chi connectivity index (χ2v) is 14.5. The first-order valence-electron chi connectivity index (χ1n) is 17.4. The first-order chi connectivity index (χ1) is 21.7. The van der Waals surface area contributed by atoms with Crippen LogP contribution in [0.25, 0.3) is 0 Å². The molecule has 4 aliphatic rings. The van der Waals surface area contributed by atoms with Crippen LogP contribution in [0.5, 0.6) is 0 Å². The van der Waals surface area contributed by atoms with Crippen molar-refractivity contribution < 1.29 is 39.1 Å². The lowest BCUT2D eigenvalue weighted by molar-refractivity contribution is -0.151. The van der Waals surface area contributed by atoms with Crippen LogP contribution in [0.1, 0.15) is 87.0 Å². The summed E-state index contributed by atoms with van der Waals surface area (Å²) in [5, 5.41) is 31.8. The van der Waals surface area contributed by atoms with Gasteiger partial charge in [-0.05, 0) is 63.6 Å². The maximum atomic E-state index is 13.3. The Kier molecular flexibility index (Phi) is 12.5. The molecule has 10 unspecified atom stereocenters. The van der Waals surface area contributed by atoms with E-state index in [9.17, 15) is 24.9 Å². The SMILES string of the molecule is CCC(O)C(C)C1OC1CC(C)(O)/C=C/C=C(\C)C1OC(=O)CC(O)CCC(C)C(OC(=O)N2C[C@H]3C[C@@H]2CN3CC)/C=C/C1C. The minimum atomic E-state index is -1.12. The lowest BCUT2D eigenvalue weighted by Crippen LogP contribution is -2.49. The molecule has 4 heterocycles. The van der Waals surface area contributed by atoms with E-state index in [1.165, 1.54) is 0 Å². The highest BCUT2D eigenvalue weighted by Crippen LogP contribution is 2.38. The zero-order chi connectivity index (χ0) is 33.8. The third-order valence-electron chi connectivity index (χ3n) is 10.5. The number of rotatable bonds is 10. The minimum absolute atomic E-state index is 0.00828. The fourth-order valence-electron chi connectivity index (χ4n) is 7.35. The van der Waals surface area contributed by atoms with Crippen LogP contribution < -0.4 is 0 Å². The number of hydrogen-bond acceptors (Lipinski definition) is 9. The van der Waals surface area contributed by atoms with E-state index in [1.54, 1.807) is 19.1 Å². The first-order valence-corrected chi connectivity index (χ1v) is 17.4. The van der Waals surface area contributed by atoms with Crippen LogP contribution in [0.15, 0.2) is 36.0 Å². The number of hydrogen-bond donors (Lipinski definition) is 3. The maximum absolute atomic E-state index is 13.3. The van der Waals surface area contributed by atoms with Gasteiger partial charge in [-0.15, -0.1) is 0 Å². The number of likely N-dealkylation sites (N-methyl/N-ethyl adjacent to an activating group) is 1. The Morgan fingerprint density at radius 1 is 1.20 bits per heavy atom. The first kappa shape index (κ1) is 36.6. The van der Waals surface area contributed by atoms with Crippen LogP contribution >= 0.6 is 0 Å². The number of carbonyl (C=O) groups excluding carboxylic acids is 2. The van der Waals surface area contributed by atoms with Crippen molar-refractivity contribution in [1.29, 1.82) is 0 Å². The number of fused-ring (bicyclic) bond motifs is 2. The summed E-state index contributed by atoms with van der Waals surface area (Å²) in [6.07, 6.45) is 9.27. The number of nitrogens with zero attached hydrogens (tertiary/aromatic N) is 2. The van der Waals surface area contributed by atoms with Crippen molar-refractivity contribution in [2.75, 3.05) is 19.6 Å². The molecule has 0 radical (unpaired) electrons. The molecule has 3 saturated heterocycles. The number of epoxide rings is 1. The summed E-state index contributed by atoms with van der Waals surface area (Å²) in [5.74, 6) is -0.753. The molecule has 3 fully saturated rings. The van der Waals surface area contributed by atoms with Crippen molar-refractivity contribution in [3.05, 3.63) is 36.0 Å². The topological polar surface area (TPSA) is 132 Å². The Hall–Kier alpha value is -2.24. The maximum Gasteiger partial charge on any atom is 0.410 e. The second-order valence-electron chi connectivity index (χ2n) is 14.5. The molecule has 4 aliphatic heterocycles. The van der Waals surface area contributed by atoms with Gasteiger partial charge >= 0.3 is 12.1 Å². The number of carbonyl (C=O) groups is 2. The predicted octanol–water partition coefficient (Wildman–Crippen LogP) is 4.37. The van der Waals surface area contributed by atoms with Gasteiger partial charge in [0.2, 0.25) is 0 Å². The van der Waals surface area contributed by atoms with E-state index >= 15 is 0 Å². The highest BCUT2D eigenvalue weighted by Gasteiger charge is 2.47. The molecule has 0 aromatic carbocycles. The molecule has 0 saturated carbocycles. The average Bonchev–Trinajstić information content (AvgIpc) is 3.44. The summed E-state index contributed by atoms with van der Waals surface area (Å²) < 4.78 is 17.8. The Labute approximate surface area is 275 Å². The van der Waals surface area contributed by atoms with E-state index in [4.69, 9.17) is 14.2 Å². The Morgan fingerprint density at radius 2 is 1.93 bits per heavy atom. The molecule has 4 rings (SSSR count). The van der Waals surface area contributed by atoms with E-state index < -0.39 is 36.0 Å². The summed E-state index contributed by atoms with van der Waals surface area (Å²) in [5.41, 5.74) is -0.345. The van der Waals surface area contributed by atoms with Crippen molar-refractivity contribution >= 4 is 12.1 Å². The van der Waals surface area contributed by atoms with Gasteiger partial charge in [0.25, 0.3) is 0 Å². The molecular weight excluding hydrogens is 588 g/mol. The summed E-state index contributed by atoms with van der Waals surface area (Å²) in [6, 6.07) is 0.581. The van der Waals surface area contributed by atoms with E-state index in [-0.39, 0.29) is 48.5 Å². The Morgan fingerprint density at radius 3 is 2.59 bits per heavy atom. The van der Waals surface area contributed by atoms with Gasteiger partial charge in [0.1, 0.15) is 12.2 Å². The van der Waals surface area contributed by atoms with Gasteiger partial charge in [-0.3, -0.25) is 9.69 Å². The summed E-state index contributed by atoms with van der Waals surface area (Å²) in [4.78, 5) is 30.4. The molecular formula is C36H58N2O8. The quantitative estimate of drug-likeness (QED) is 0.137. The molecule has 3 N–H and O–H groups in total. The number of cyclic esters (lactones) is 1. The van der Waals surface area contributed by atoms with E-state index in [0.29, 0.717) is 38.3 Å². The summed E-state index contributed by atoms with van der Waals surface area (Å²) >= 11 is 0. The monoisotopic (exact) mass is 646 g/mol. The van der Waals surface area contributed by atoms with Crippen LogP contribution in [0.4, 0.5) is 4.79 Å². The number of piperazine rings is 1. The number of allylic oxidation sites excluding steroid dienone is 2. The lowest BCUT2D eigenvalue weighted by Gasteiger charge is -2.34. The van der Waals surface area contributed by atoms with Gasteiger partial charge in [0, 0.05) is 43.4 Å². The van der Waals surface area contributed by atoms with Gasteiger partial charge < -0.3 is 34.4 Å². The van der Waals surface area contributed by atoms with Gasteiger partial charge in [0.05, 0.1) is 36.4 Å². The standard InChI is InChI=1S/C36H58N2O8/c1-8-29(40)25(6)34-31(44-34)19-36(7,43)16-10-11-23(4)33-24(5)13-15-30(22(3)12-14-28(39)18-32(41)46-33)45-35(42)38-21-26-17-27(38)20-37(26)9-2/h10-11,13,15-16,22,24-31,33-34,39-40,43H,8-9,12,14,17-21H2,1-7H3/b15-13+,16-10+,23-11+/t22?,24?,25?,26-,27-,28?,29?,30?,31?,33?,34?,36?/m1/s1. The number of aliphatic hydroxyl groups is 3. The van der Waals surface area contributed by atoms with Crippen LogP contribution in [0, 0.1) is 17.8 Å². The third kappa shape index (κ3) is 9.43. The second kappa shape index (κ2) is 15.8. The number of amides is 1. The van der Waals surface area contributed by atoms with E-state index in [0.717, 1.165) is 25.1 Å². The molecule has 2 bridgehead atoms. The van der Waals surface area contributed by atoms with Gasteiger partial charge in [-0.25, -0.2) is 4.79 Å². The number of aliphatic hydroxyl groups excluding tert-OH is 2. The number of esters is 1. The molecule has 0 spiro atoms. The van der Waals surface area contributed by atoms with Crippen LogP contribution in [0.2, 0.25) is 0 Å². The van der Waals surface area contributed by atoms with E-state index in [2.05, 4.69) is 11.8 Å². The zero-order valence-electron chi connectivity index (χ0n) is 28.9. The molecule has 0 aromatic heterocycles. The number of ether oxygens (including phenoxy) is 3. The Balaban J connectivity index is 1.43. The van der Waals surface area contributed by atoms with Crippen molar-refractivity contribution in [2.24, 2.45) is 17.8 Å². The normalized spacial score (nSPS) is 37.6. The van der Waals surface area contributed by atoms with Crippen molar-refractivity contribution in [3.63, 3.8) is 0 Å². The van der Waals surface area contributed by atoms with Crippen LogP contribution in [-0.2, 0) is 19.0 Å². The molecule has 10 heteroatoms. The largest absolute Gasteiger partial charge is 0.457 e. The lowest BCUT2D eigenvalue weighted by atomic mass is 9.91. The smallest absolute Gasteiger partial charge is 0.410 e. The zero-order valence-corrected chi connectivity index (χ0v) is 28.9. The predicted molar refractivity (Wildman–Crippen MR) is 176 cm³/mol. The van der Waals surface area contributed by atoms with Crippen molar-refractivity contribution in [2.45, 2.75) is 141 Å². The van der Waals surface area contributed by atoms with Crippen molar-refractivity contribution in [1.82, 2.24) is 9.80 Å². The molecule has 12 atom stereocenters. The highest BCUT2D eigenvalue weighted by molar-refractivity contribution is 5.70. The molecule has 10 nitrogen and oxygen atoms in total. The van der Waals surface area contributed by atoms with Gasteiger partial charge in [0.15, 0.2) is 0 Å². The van der Waals surface area contributed by atoms with Crippen LogP contribution in [-0.4, -0.2) is 111 Å². The van der Waals surface area contributed by atoms with E-state index in [1.807, 2.05) is 57.7 Å². The Bertz CT molecular complexity index is 1140. The molecule has 46 heavy (non-hydrogen) atoms. The average molecular weight is 647 g/mol. The van der Waals surface area contributed by atoms with Gasteiger partial charge in [-0.2, -0.15) is 0 Å². The fraction of sp³-hybridized carbons (Fsp3) is 0.778. The summed E-state index contributed by atoms with van der Waals surface area (Å²) in [7, 11) is 0. The molecule has 1 amide bonds. The van der Waals surface area contributed by atoms with Crippen molar-refractivity contribution in [3.8, 4) is 0 Å². The summed E-state index contributed by atoms with van der Waals surface area (Å²) in [6.45, 7) is 16.2. The van der Waals surface area contributed by atoms with Gasteiger partial charge in [-0.1, -0.05) is 58.9 Å². The minimum Gasteiger partial charge on any atom is -0.457 e. The highest BCUT2D eigenvalue weighted by atomic mass is 16.6. The molecule has 0 aliphatic carbocycles. The molecule has 260 valence electrons. The molecule has 0 aromatic rings.